The van der Waals surface area contributed by atoms with E-state index in [4.69, 9.17) is 9.15 Å². The van der Waals surface area contributed by atoms with Crippen LogP contribution in [0, 0.1) is 0 Å². The number of carbonyl (C=O) groups excluding carboxylic acids is 1. The zero-order chi connectivity index (χ0) is 16.0. The van der Waals surface area contributed by atoms with Crippen molar-refractivity contribution in [2.45, 2.75) is 12.5 Å². The number of ether oxygens (including phenoxy) is 1. The Morgan fingerprint density at radius 1 is 1.00 bits per heavy atom. The minimum Gasteiger partial charge on any atom is -0.453 e. The van der Waals surface area contributed by atoms with E-state index in [2.05, 4.69) is 15.9 Å². The molecule has 0 fully saturated rings. The van der Waals surface area contributed by atoms with Crippen LogP contribution in [0.2, 0.25) is 0 Å². The van der Waals surface area contributed by atoms with Crippen molar-refractivity contribution in [2.75, 3.05) is 0 Å². The molecule has 1 unspecified atom stereocenters. The van der Waals surface area contributed by atoms with E-state index >= 15 is 0 Å². The zero-order valence-corrected chi connectivity index (χ0v) is 13.5. The van der Waals surface area contributed by atoms with Crippen molar-refractivity contribution in [3.63, 3.8) is 0 Å². The summed E-state index contributed by atoms with van der Waals surface area (Å²) in [6.07, 6.45) is 0.00582. The van der Waals surface area contributed by atoms with E-state index in [0.29, 0.717) is 17.6 Å². The molecule has 3 aromatic rings. The fourth-order valence-corrected chi connectivity index (χ4v) is 3.50. The monoisotopic (exact) mass is 370 g/mol. The maximum Gasteiger partial charge on any atom is 0.351 e. The van der Waals surface area contributed by atoms with Crippen molar-refractivity contribution >= 4 is 32.9 Å². The number of hydrogen-bond donors (Lipinski definition) is 0. The summed E-state index contributed by atoms with van der Waals surface area (Å²) < 4.78 is 11.6. The first-order valence-electron chi connectivity index (χ1n) is 7.15. The highest BCUT2D eigenvalue weighted by molar-refractivity contribution is 9.10. The largest absolute Gasteiger partial charge is 0.453 e. The van der Waals surface area contributed by atoms with Crippen molar-refractivity contribution in [3.8, 4) is 0 Å². The highest BCUT2D eigenvalue weighted by Crippen LogP contribution is 2.35. The van der Waals surface area contributed by atoms with Gasteiger partial charge in [0.1, 0.15) is 17.3 Å². The second-order valence-corrected chi connectivity index (χ2v) is 6.21. The molecule has 5 heteroatoms. The average molecular weight is 371 g/mol. The number of benzene rings is 2. The minimum absolute atomic E-state index is 0.00648. The van der Waals surface area contributed by atoms with Crippen LogP contribution in [0.1, 0.15) is 27.6 Å². The molecule has 114 valence electrons. The predicted octanol–water partition coefficient (Wildman–Crippen LogP) is 4.01. The molecule has 4 nitrogen and oxygen atoms in total. The first-order chi connectivity index (χ1) is 11.1. The summed E-state index contributed by atoms with van der Waals surface area (Å²) in [5.41, 5.74) is 1.41. The van der Waals surface area contributed by atoms with Crippen LogP contribution >= 0.6 is 15.9 Å². The third-order valence-electron chi connectivity index (χ3n) is 4.02. The molecule has 1 atom stereocenters. The van der Waals surface area contributed by atoms with E-state index in [1.54, 1.807) is 12.1 Å². The van der Waals surface area contributed by atoms with Crippen molar-refractivity contribution in [2.24, 2.45) is 0 Å². The molecular weight excluding hydrogens is 360 g/mol. The van der Waals surface area contributed by atoms with E-state index < -0.39 is 17.7 Å². The third-order valence-corrected chi connectivity index (χ3v) is 4.74. The second-order valence-electron chi connectivity index (χ2n) is 5.36. The van der Waals surface area contributed by atoms with Gasteiger partial charge in [-0.05, 0) is 17.7 Å². The normalized spacial score (nSPS) is 16.9. The van der Waals surface area contributed by atoms with Crippen molar-refractivity contribution in [1.29, 1.82) is 0 Å². The molecule has 2 heterocycles. The molecule has 0 saturated carbocycles. The number of rotatable bonds is 1. The first-order valence-corrected chi connectivity index (χ1v) is 7.94. The summed E-state index contributed by atoms with van der Waals surface area (Å²) in [5, 5.41) is 0.774. The minimum atomic E-state index is -0.644. The molecule has 1 aliphatic heterocycles. The van der Waals surface area contributed by atoms with E-state index in [1.807, 2.05) is 36.4 Å². The van der Waals surface area contributed by atoms with Crippen LogP contribution in [0.5, 0.6) is 0 Å². The van der Waals surface area contributed by atoms with E-state index in [1.165, 1.54) is 0 Å². The fraction of sp³-hybridized carbons (Fsp3) is 0.111. The predicted molar refractivity (Wildman–Crippen MR) is 88.5 cm³/mol. The summed E-state index contributed by atoms with van der Waals surface area (Å²) in [7, 11) is 0. The van der Waals surface area contributed by atoms with E-state index in [-0.39, 0.29) is 5.56 Å². The number of fused-ring (bicyclic) bond motifs is 3. The number of para-hydroxylation sites is 1. The fourth-order valence-electron chi connectivity index (χ4n) is 2.96. The second kappa shape index (κ2) is 5.35. The topological polar surface area (TPSA) is 56.5 Å². The van der Waals surface area contributed by atoms with Gasteiger partial charge < -0.3 is 9.15 Å². The molecule has 0 bridgehead atoms. The van der Waals surface area contributed by atoms with Gasteiger partial charge in [0.15, 0.2) is 0 Å². The number of carbonyl (C=O) groups is 1. The van der Waals surface area contributed by atoms with Crippen molar-refractivity contribution in [3.05, 3.63) is 80.1 Å². The van der Waals surface area contributed by atoms with Gasteiger partial charge in [0.2, 0.25) is 0 Å². The smallest absolute Gasteiger partial charge is 0.351 e. The van der Waals surface area contributed by atoms with Gasteiger partial charge in [-0.25, -0.2) is 9.59 Å². The van der Waals surface area contributed by atoms with Gasteiger partial charge in [-0.3, -0.25) is 0 Å². The zero-order valence-electron chi connectivity index (χ0n) is 11.9. The molecule has 4 rings (SSSR count). The highest BCUT2D eigenvalue weighted by atomic mass is 79.9. The lowest BCUT2D eigenvalue weighted by Crippen LogP contribution is -2.28. The van der Waals surface area contributed by atoms with Crippen LogP contribution in [-0.2, 0) is 11.2 Å². The maximum atomic E-state index is 12.3. The number of hydrogen-bond acceptors (Lipinski definition) is 4. The van der Waals surface area contributed by atoms with Crippen molar-refractivity contribution in [1.82, 2.24) is 0 Å². The van der Waals surface area contributed by atoms with Crippen molar-refractivity contribution < 1.29 is 13.9 Å². The Morgan fingerprint density at radius 2 is 1.74 bits per heavy atom. The quantitative estimate of drug-likeness (QED) is 0.479. The third kappa shape index (κ3) is 2.28. The Bertz CT molecular complexity index is 990. The van der Waals surface area contributed by atoms with Gasteiger partial charge >= 0.3 is 11.6 Å². The molecule has 1 aromatic heterocycles. The summed E-state index contributed by atoms with van der Waals surface area (Å²) >= 11 is 3.48. The Kier molecular flexibility index (Phi) is 3.31. The van der Waals surface area contributed by atoms with Crippen LogP contribution in [0.25, 0.3) is 11.0 Å². The van der Waals surface area contributed by atoms with Gasteiger partial charge in [0, 0.05) is 21.8 Å². The lowest BCUT2D eigenvalue weighted by atomic mass is 9.93. The number of cyclic esters (lactones) is 1. The van der Waals surface area contributed by atoms with Crippen LogP contribution in [0.15, 0.2) is 62.2 Å². The SMILES string of the molecule is O=C1OC(c2ccccc2Br)Cc2c1c(=O)oc1ccccc21. The summed E-state index contributed by atoms with van der Waals surface area (Å²) in [5.74, 6) is -0.633. The van der Waals surface area contributed by atoms with Crippen LogP contribution in [0.4, 0.5) is 0 Å². The van der Waals surface area contributed by atoms with Gasteiger partial charge in [-0.15, -0.1) is 0 Å². The molecule has 0 saturated heterocycles. The molecule has 23 heavy (non-hydrogen) atoms. The van der Waals surface area contributed by atoms with Crippen LogP contribution in [-0.4, -0.2) is 5.97 Å². The molecule has 0 spiro atoms. The van der Waals surface area contributed by atoms with Crippen LogP contribution in [0.3, 0.4) is 0 Å². The molecule has 1 aliphatic rings. The van der Waals surface area contributed by atoms with E-state index in [0.717, 1.165) is 15.4 Å². The maximum absolute atomic E-state index is 12.3. The molecule has 0 radical (unpaired) electrons. The molecular formula is C18H11BrO4. The molecule has 0 aliphatic carbocycles. The Balaban J connectivity index is 1.93. The molecule has 2 aromatic carbocycles. The highest BCUT2D eigenvalue weighted by Gasteiger charge is 2.33. The van der Waals surface area contributed by atoms with Crippen LogP contribution < -0.4 is 5.63 Å². The number of halogens is 1. The van der Waals surface area contributed by atoms with Gasteiger partial charge in [-0.2, -0.15) is 0 Å². The number of esters is 1. The molecule has 0 amide bonds. The lowest BCUT2D eigenvalue weighted by molar-refractivity contribution is 0.0246. The Hall–Kier alpha value is -2.40. The van der Waals surface area contributed by atoms with Gasteiger partial charge in [0.05, 0.1) is 0 Å². The summed E-state index contributed by atoms with van der Waals surface area (Å²) in [6.45, 7) is 0. The summed E-state index contributed by atoms with van der Waals surface area (Å²) in [4.78, 5) is 24.5. The van der Waals surface area contributed by atoms with Gasteiger partial charge in [0.25, 0.3) is 0 Å². The molecule has 0 N–H and O–H groups in total. The summed E-state index contributed by atoms with van der Waals surface area (Å²) in [6, 6.07) is 14.8. The lowest BCUT2D eigenvalue weighted by Gasteiger charge is -2.25. The Morgan fingerprint density at radius 3 is 2.57 bits per heavy atom. The standard InChI is InChI=1S/C18H11BrO4/c19-13-7-3-1-6-11(13)15-9-12-10-5-2-4-8-14(10)22-17(20)16(12)18(21)23-15/h1-8,15H,9H2. The van der Waals surface area contributed by atoms with E-state index in [9.17, 15) is 9.59 Å². The average Bonchev–Trinajstić information content (AvgIpc) is 2.55. The Labute approximate surface area is 139 Å². The van der Waals surface area contributed by atoms with Gasteiger partial charge in [-0.1, -0.05) is 52.3 Å². The first kappa shape index (κ1) is 14.2.